The predicted octanol–water partition coefficient (Wildman–Crippen LogP) is 3.13. The molecule has 4 rings (SSSR count). The van der Waals surface area contributed by atoms with Gasteiger partial charge in [0, 0.05) is 19.0 Å². The second kappa shape index (κ2) is 5.74. The summed E-state index contributed by atoms with van der Waals surface area (Å²) in [4.78, 5) is 19.2. The summed E-state index contributed by atoms with van der Waals surface area (Å²) in [5.41, 5.74) is 0.879. The number of hydrogen-bond acceptors (Lipinski definition) is 5. The van der Waals surface area contributed by atoms with Crippen molar-refractivity contribution >= 4 is 17.2 Å². The maximum atomic E-state index is 12.6. The third-order valence-corrected chi connectivity index (χ3v) is 5.62. The zero-order chi connectivity index (χ0) is 15.9. The number of nitrogens with zero attached hydrogens (tertiary/aromatic N) is 3. The highest BCUT2D eigenvalue weighted by atomic mass is 32.1. The number of piperidine rings is 1. The monoisotopic (exact) mass is 331 g/mol. The van der Waals surface area contributed by atoms with E-state index < -0.39 is 0 Å². The molecule has 1 atom stereocenters. The minimum Gasteiger partial charge on any atom is -0.341 e. The lowest BCUT2D eigenvalue weighted by atomic mass is 9.81. The smallest absolute Gasteiger partial charge is 0.234 e. The molecule has 122 valence electrons. The number of thiophene rings is 1. The average Bonchev–Trinajstić information content (AvgIpc) is 3.05. The first-order valence-corrected chi connectivity index (χ1v) is 9.21. The fraction of sp³-hybridized carbons (Fsp3) is 0.588. The molecule has 1 aliphatic carbocycles. The lowest BCUT2D eigenvalue weighted by Crippen LogP contribution is -2.47. The second-order valence-electron chi connectivity index (χ2n) is 7.02. The highest BCUT2D eigenvalue weighted by Crippen LogP contribution is 2.40. The van der Waals surface area contributed by atoms with Crippen LogP contribution < -0.4 is 0 Å². The SMILES string of the molecule is C[C@@]1(c2nc(C3CC3)no2)CCCN(C(=O)Cc2ccsc2)C1. The molecule has 2 aromatic heterocycles. The highest BCUT2D eigenvalue weighted by Gasteiger charge is 2.40. The van der Waals surface area contributed by atoms with Crippen molar-refractivity contribution in [2.45, 2.75) is 50.4 Å². The van der Waals surface area contributed by atoms with Crippen molar-refractivity contribution in [1.29, 1.82) is 0 Å². The lowest BCUT2D eigenvalue weighted by Gasteiger charge is -2.38. The van der Waals surface area contributed by atoms with E-state index in [9.17, 15) is 4.79 Å². The summed E-state index contributed by atoms with van der Waals surface area (Å²) >= 11 is 1.63. The third-order valence-electron chi connectivity index (χ3n) is 4.89. The largest absolute Gasteiger partial charge is 0.341 e. The summed E-state index contributed by atoms with van der Waals surface area (Å²) in [6.07, 6.45) is 4.78. The molecule has 3 heterocycles. The summed E-state index contributed by atoms with van der Waals surface area (Å²) < 4.78 is 5.54. The van der Waals surface area contributed by atoms with Gasteiger partial charge in [0.1, 0.15) is 0 Å². The maximum absolute atomic E-state index is 12.6. The van der Waals surface area contributed by atoms with Crippen LogP contribution >= 0.6 is 11.3 Å². The van der Waals surface area contributed by atoms with Gasteiger partial charge < -0.3 is 9.42 Å². The van der Waals surface area contributed by atoms with E-state index in [1.54, 1.807) is 11.3 Å². The number of rotatable bonds is 4. The molecule has 0 bridgehead atoms. The number of aromatic nitrogens is 2. The van der Waals surface area contributed by atoms with Crippen LogP contribution in [0.4, 0.5) is 0 Å². The Kier molecular flexibility index (Phi) is 3.71. The molecule has 6 heteroatoms. The van der Waals surface area contributed by atoms with Crippen molar-refractivity contribution in [3.05, 3.63) is 34.1 Å². The van der Waals surface area contributed by atoms with Gasteiger partial charge in [-0.3, -0.25) is 4.79 Å². The van der Waals surface area contributed by atoms with Crippen molar-refractivity contribution in [3.63, 3.8) is 0 Å². The molecule has 0 aromatic carbocycles. The van der Waals surface area contributed by atoms with Gasteiger partial charge >= 0.3 is 0 Å². The minimum atomic E-state index is -0.220. The summed E-state index contributed by atoms with van der Waals surface area (Å²) in [7, 11) is 0. The van der Waals surface area contributed by atoms with E-state index in [4.69, 9.17) is 4.52 Å². The van der Waals surface area contributed by atoms with Gasteiger partial charge in [0.25, 0.3) is 0 Å². The van der Waals surface area contributed by atoms with E-state index >= 15 is 0 Å². The number of carbonyl (C=O) groups excluding carboxylic acids is 1. The Bertz CT molecular complexity index is 693. The molecule has 0 spiro atoms. The average molecular weight is 331 g/mol. The van der Waals surface area contributed by atoms with Crippen molar-refractivity contribution in [3.8, 4) is 0 Å². The topological polar surface area (TPSA) is 59.2 Å². The van der Waals surface area contributed by atoms with Crippen LogP contribution in [0.1, 0.15) is 55.8 Å². The van der Waals surface area contributed by atoms with Gasteiger partial charge in [-0.25, -0.2) is 0 Å². The molecular formula is C17H21N3O2S. The van der Waals surface area contributed by atoms with Crippen LogP contribution in [0, 0.1) is 0 Å². The van der Waals surface area contributed by atoms with E-state index in [0.717, 1.165) is 30.8 Å². The summed E-state index contributed by atoms with van der Waals surface area (Å²) in [5.74, 6) is 2.24. The van der Waals surface area contributed by atoms with Crippen LogP contribution in [0.5, 0.6) is 0 Å². The zero-order valence-electron chi connectivity index (χ0n) is 13.3. The van der Waals surface area contributed by atoms with Crippen LogP contribution in [0.2, 0.25) is 0 Å². The first-order valence-electron chi connectivity index (χ1n) is 8.27. The quantitative estimate of drug-likeness (QED) is 0.863. The van der Waals surface area contributed by atoms with Crippen molar-refractivity contribution in [2.24, 2.45) is 0 Å². The lowest BCUT2D eigenvalue weighted by molar-refractivity contribution is -0.132. The summed E-state index contributed by atoms with van der Waals surface area (Å²) in [6, 6.07) is 2.02. The molecule has 5 nitrogen and oxygen atoms in total. The maximum Gasteiger partial charge on any atom is 0.234 e. The fourth-order valence-electron chi connectivity index (χ4n) is 3.29. The molecule has 2 aromatic rings. The Balaban J connectivity index is 1.47. The Morgan fingerprint density at radius 2 is 2.39 bits per heavy atom. The van der Waals surface area contributed by atoms with Crippen LogP contribution in [-0.4, -0.2) is 34.0 Å². The van der Waals surface area contributed by atoms with Crippen molar-refractivity contribution in [1.82, 2.24) is 15.0 Å². The van der Waals surface area contributed by atoms with Gasteiger partial charge in [-0.2, -0.15) is 16.3 Å². The zero-order valence-corrected chi connectivity index (χ0v) is 14.1. The van der Waals surface area contributed by atoms with Gasteiger partial charge in [-0.05, 0) is 55.0 Å². The molecule has 1 aliphatic heterocycles. The highest BCUT2D eigenvalue weighted by molar-refractivity contribution is 7.07. The molecule has 0 unspecified atom stereocenters. The Morgan fingerprint density at radius 3 is 3.13 bits per heavy atom. The minimum absolute atomic E-state index is 0.191. The summed E-state index contributed by atoms with van der Waals surface area (Å²) in [6.45, 7) is 3.63. The Hall–Kier alpha value is -1.69. The van der Waals surface area contributed by atoms with E-state index in [2.05, 4.69) is 17.1 Å². The normalized spacial score (nSPS) is 24.8. The van der Waals surface area contributed by atoms with Crippen molar-refractivity contribution in [2.75, 3.05) is 13.1 Å². The molecule has 2 aliphatic rings. The third kappa shape index (κ3) is 3.04. The predicted molar refractivity (Wildman–Crippen MR) is 87.5 cm³/mol. The number of hydrogen-bond donors (Lipinski definition) is 0. The second-order valence-corrected chi connectivity index (χ2v) is 7.80. The molecule has 1 saturated heterocycles. The van der Waals surface area contributed by atoms with Crippen LogP contribution in [0.15, 0.2) is 21.3 Å². The van der Waals surface area contributed by atoms with E-state index in [1.807, 2.05) is 21.7 Å². The number of amides is 1. The standard InChI is InChI=1S/C17H21N3O2S/c1-17(16-18-15(19-22-16)13-3-4-13)6-2-7-20(11-17)14(21)9-12-5-8-23-10-12/h5,8,10,13H,2-4,6-7,9,11H2,1H3/t17-/m1/s1. The van der Waals surface area contributed by atoms with E-state index in [1.165, 1.54) is 12.8 Å². The van der Waals surface area contributed by atoms with Crippen LogP contribution in [0.25, 0.3) is 0 Å². The molecule has 23 heavy (non-hydrogen) atoms. The molecule has 0 radical (unpaired) electrons. The molecule has 2 fully saturated rings. The van der Waals surface area contributed by atoms with Crippen molar-refractivity contribution < 1.29 is 9.32 Å². The first kappa shape index (κ1) is 14.9. The van der Waals surface area contributed by atoms with Crippen LogP contribution in [0.3, 0.4) is 0 Å². The van der Waals surface area contributed by atoms with Gasteiger partial charge in [0.05, 0.1) is 11.8 Å². The van der Waals surface area contributed by atoms with Gasteiger partial charge in [0.2, 0.25) is 11.8 Å². The Labute approximate surface area is 139 Å². The summed E-state index contributed by atoms with van der Waals surface area (Å²) in [5, 5.41) is 8.20. The van der Waals surface area contributed by atoms with Crippen LogP contribution in [-0.2, 0) is 16.6 Å². The van der Waals surface area contributed by atoms with Gasteiger partial charge in [0.15, 0.2) is 5.82 Å². The fourth-order valence-corrected chi connectivity index (χ4v) is 3.96. The van der Waals surface area contributed by atoms with Gasteiger partial charge in [-0.1, -0.05) is 5.16 Å². The number of likely N-dealkylation sites (tertiary alicyclic amines) is 1. The van der Waals surface area contributed by atoms with E-state index in [-0.39, 0.29) is 11.3 Å². The van der Waals surface area contributed by atoms with E-state index in [0.29, 0.717) is 24.8 Å². The molecule has 1 amide bonds. The van der Waals surface area contributed by atoms with Gasteiger partial charge in [-0.15, -0.1) is 0 Å². The molecule has 1 saturated carbocycles. The number of carbonyl (C=O) groups is 1. The Morgan fingerprint density at radius 1 is 1.52 bits per heavy atom. The first-order chi connectivity index (χ1) is 11.1. The molecule has 0 N–H and O–H groups in total. The molecular weight excluding hydrogens is 310 g/mol.